The minimum Gasteiger partial charge on any atom is -0.481 e. The van der Waals surface area contributed by atoms with Crippen LogP contribution in [0.5, 0.6) is 0 Å². The predicted octanol–water partition coefficient (Wildman–Crippen LogP) is 5.38. The summed E-state index contributed by atoms with van der Waals surface area (Å²) in [6, 6.07) is 13.8. The Bertz CT molecular complexity index is 1480. The zero-order chi connectivity index (χ0) is 29.9. The number of aliphatic carboxylic acids is 1. The normalized spacial score (nSPS) is 14.9. The monoisotopic (exact) mass is 622 g/mol. The second-order valence-electron chi connectivity index (χ2n) is 11.4. The molecule has 1 aliphatic rings. The standard InChI is InChI=1S/C30H36ClFN2O5S2/c1-30(2,16-19-12-21-6-4-5-7-22(21)13-19)33-17-24(35)18-34(3)41(38,39)28-15-26(29(31)40-28)25-14-23(32)10-8-20(25)9-11-27(36)37/h4-8,10,14-15,19,24,33,35H,9,11-13,16-18H2,1-3H3,(H,36,37). The third kappa shape index (κ3) is 7.94. The van der Waals surface area contributed by atoms with E-state index in [1.165, 1.54) is 42.4 Å². The number of benzene rings is 2. The van der Waals surface area contributed by atoms with Crippen LogP contribution < -0.4 is 5.32 Å². The molecule has 1 aromatic heterocycles. The summed E-state index contributed by atoms with van der Waals surface area (Å²) in [7, 11) is -2.61. The lowest BCUT2D eigenvalue weighted by Crippen LogP contribution is -2.47. The highest BCUT2D eigenvalue weighted by atomic mass is 35.5. The Morgan fingerprint density at radius 2 is 1.83 bits per heavy atom. The van der Waals surface area contributed by atoms with Gasteiger partial charge in [0.05, 0.1) is 6.10 Å². The van der Waals surface area contributed by atoms with Crippen LogP contribution in [-0.4, -0.2) is 60.7 Å². The third-order valence-corrected chi connectivity index (χ3v) is 11.1. The average Bonchev–Trinajstić information content (AvgIpc) is 3.49. The summed E-state index contributed by atoms with van der Waals surface area (Å²) < 4.78 is 42.0. The van der Waals surface area contributed by atoms with E-state index in [9.17, 15) is 22.7 Å². The molecule has 0 aliphatic heterocycles. The van der Waals surface area contributed by atoms with Crippen molar-refractivity contribution in [2.45, 2.75) is 61.8 Å². The summed E-state index contributed by atoms with van der Waals surface area (Å²) in [6.45, 7) is 4.28. The molecule has 7 nitrogen and oxygen atoms in total. The molecule has 0 saturated heterocycles. The molecule has 0 spiro atoms. The van der Waals surface area contributed by atoms with E-state index in [1.807, 2.05) is 0 Å². The van der Waals surface area contributed by atoms with Gasteiger partial charge in [-0.1, -0.05) is 41.9 Å². The minimum absolute atomic E-state index is 0.0465. The number of aliphatic hydroxyl groups is 1. The fourth-order valence-electron chi connectivity index (χ4n) is 5.51. The van der Waals surface area contributed by atoms with Crippen LogP contribution in [0.15, 0.2) is 52.7 Å². The van der Waals surface area contributed by atoms with Gasteiger partial charge in [0.2, 0.25) is 0 Å². The maximum atomic E-state index is 14.1. The zero-order valence-electron chi connectivity index (χ0n) is 23.4. The number of fused-ring (bicyclic) bond motifs is 1. The molecule has 2 aromatic carbocycles. The van der Waals surface area contributed by atoms with Gasteiger partial charge >= 0.3 is 5.97 Å². The van der Waals surface area contributed by atoms with Crippen LogP contribution in [0.2, 0.25) is 4.34 Å². The molecule has 3 aromatic rings. The smallest absolute Gasteiger partial charge is 0.303 e. The van der Waals surface area contributed by atoms with E-state index in [0.29, 0.717) is 22.6 Å². The highest BCUT2D eigenvalue weighted by Crippen LogP contribution is 2.40. The molecule has 11 heteroatoms. The number of carboxylic acid groups (broad SMARTS) is 1. The van der Waals surface area contributed by atoms with Crippen molar-refractivity contribution in [1.82, 2.24) is 9.62 Å². The molecular formula is C30H36ClFN2O5S2. The first-order valence-electron chi connectivity index (χ1n) is 13.5. The number of β-amino-alcohol motifs (C(OH)–C–C–N with tert-alkyl or cyclic N) is 1. The van der Waals surface area contributed by atoms with Crippen LogP contribution in [0, 0.1) is 11.7 Å². The summed E-state index contributed by atoms with van der Waals surface area (Å²) in [6.07, 6.45) is 2.02. The van der Waals surface area contributed by atoms with Gasteiger partial charge in [0.25, 0.3) is 10.0 Å². The third-order valence-electron chi connectivity index (χ3n) is 7.52. The van der Waals surface area contributed by atoms with E-state index in [2.05, 4.69) is 43.4 Å². The molecule has 0 radical (unpaired) electrons. The second kappa shape index (κ2) is 12.9. The maximum Gasteiger partial charge on any atom is 0.303 e. The van der Waals surface area contributed by atoms with Gasteiger partial charge in [-0.05, 0) is 85.9 Å². The van der Waals surface area contributed by atoms with Crippen LogP contribution in [0.1, 0.15) is 43.4 Å². The number of rotatable bonds is 13. The van der Waals surface area contributed by atoms with Crippen LogP contribution in [0.3, 0.4) is 0 Å². The first-order chi connectivity index (χ1) is 19.2. The lowest BCUT2D eigenvalue weighted by atomic mass is 9.88. The Kier molecular flexibility index (Phi) is 9.93. The molecule has 0 bridgehead atoms. The summed E-state index contributed by atoms with van der Waals surface area (Å²) in [5, 5.41) is 23.2. The largest absolute Gasteiger partial charge is 0.481 e. The van der Waals surface area contributed by atoms with Crippen molar-refractivity contribution < 1.29 is 27.8 Å². The molecule has 222 valence electrons. The fourth-order valence-corrected chi connectivity index (χ4v) is 8.68. The van der Waals surface area contributed by atoms with Crippen molar-refractivity contribution in [2.24, 2.45) is 5.92 Å². The molecule has 1 heterocycles. The number of aryl methyl sites for hydroxylation is 1. The van der Waals surface area contributed by atoms with Gasteiger partial charge < -0.3 is 15.5 Å². The molecular weight excluding hydrogens is 587 g/mol. The summed E-state index contributed by atoms with van der Waals surface area (Å²) >= 11 is 7.26. The molecule has 0 fully saturated rings. The number of halogens is 2. The number of carbonyl (C=O) groups is 1. The summed E-state index contributed by atoms with van der Waals surface area (Å²) in [5.41, 5.74) is 3.77. The average molecular weight is 623 g/mol. The van der Waals surface area contributed by atoms with Gasteiger partial charge in [-0.3, -0.25) is 4.79 Å². The molecule has 4 rings (SSSR count). The van der Waals surface area contributed by atoms with E-state index in [0.717, 1.165) is 34.9 Å². The molecule has 1 atom stereocenters. The Hall–Kier alpha value is -2.34. The van der Waals surface area contributed by atoms with Crippen LogP contribution >= 0.6 is 22.9 Å². The highest BCUT2D eigenvalue weighted by Gasteiger charge is 2.30. The van der Waals surface area contributed by atoms with E-state index in [1.54, 1.807) is 0 Å². The number of hydrogen-bond donors (Lipinski definition) is 3. The Labute approximate surface area is 250 Å². The van der Waals surface area contributed by atoms with Gasteiger partial charge in [-0.25, -0.2) is 12.8 Å². The van der Waals surface area contributed by atoms with Gasteiger partial charge in [0, 0.05) is 37.7 Å². The number of thiophene rings is 1. The van der Waals surface area contributed by atoms with Crippen molar-refractivity contribution in [3.05, 3.63) is 75.4 Å². The highest BCUT2D eigenvalue weighted by molar-refractivity contribution is 7.91. The Morgan fingerprint density at radius 1 is 1.17 bits per heavy atom. The van der Waals surface area contributed by atoms with Gasteiger partial charge in [0.15, 0.2) is 0 Å². The fraction of sp³-hybridized carbons (Fsp3) is 0.433. The molecule has 3 N–H and O–H groups in total. The molecule has 1 aliphatic carbocycles. The number of likely N-dealkylation sites (N-methyl/N-ethyl adjacent to an activating group) is 1. The van der Waals surface area contributed by atoms with Crippen molar-refractivity contribution in [2.75, 3.05) is 20.1 Å². The number of sulfonamides is 1. The SMILES string of the molecule is CN(CC(O)CNC(C)(C)CC1Cc2ccccc2C1)S(=O)(=O)c1cc(-c2cc(F)ccc2CCC(=O)O)c(Cl)s1. The maximum absolute atomic E-state index is 14.1. The van der Waals surface area contributed by atoms with Crippen LogP contribution in [0.4, 0.5) is 4.39 Å². The minimum atomic E-state index is -4.00. The van der Waals surface area contributed by atoms with E-state index in [-0.39, 0.29) is 40.0 Å². The molecule has 0 amide bonds. The summed E-state index contributed by atoms with van der Waals surface area (Å²) in [4.78, 5) is 11.1. The lowest BCUT2D eigenvalue weighted by molar-refractivity contribution is -0.136. The van der Waals surface area contributed by atoms with Crippen molar-refractivity contribution in [3.8, 4) is 11.1 Å². The van der Waals surface area contributed by atoms with E-state index in [4.69, 9.17) is 16.7 Å². The van der Waals surface area contributed by atoms with Crippen LogP contribution in [-0.2, 0) is 34.1 Å². The van der Waals surface area contributed by atoms with E-state index >= 15 is 0 Å². The predicted molar refractivity (Wildman–Crippen MR) is 161 cm³/mol. The van der Waals surface area contributed by atoms with E-state index < -0.39 is 27.9 Å². The van der Waals surface area contributed by atoms with Crippen molar-refractivity contribution >= 4 is 38.9 Å². The number of nitrogens with one attached hydrogen (secondary N) is 1. The van der Waals surface area contributed by atoms with Gasteiger partial charge in [-0.15, -0.1) is 11.3 Å². The summed E-state index contributed by atoms with van der Waals surface area (Å²) in [5.74, 6) is -1.03. The van der Waals surface area contributed by atoms with Crippen LogP contribution in [0.25, 0.3) is 11.1 Å². The van der Waals surface area contributed by atoms with Crippen molar-refractivity contribution in [1.29, 1.82) is 0 Å². The number of hydrogen-bond acceptors (Lipinski definition) is 6. The Balaban J connectivity index is 1.38. The van der Waals surface area contributed by atoms with Crippen molar-refractivity contribution in [3.63, 3.8) is 0 Å². The zero-order valence-corrected chi connectivity index (χ0v) is 25.8. The topological polar surface area (TPSA) is 107 Å². The number of aliphatic hydroxyl groups excluding tert-OH is 1. The quantitative estimate of drug-likeness (QED) is 0.236. The Morgan fingerprint density at radius 3 is 2.46 bits per heavy atom. The van der Waals surface area contributed by atoms with Gasteiger partial charge in [0.1, 0.15) is 14.4 Å². The number of nitrogens with zero attached hydrogens (tertiary/aromatic N) is 1. The first-order valence-corrected chi connectivity index (χ1v) is 16.1. The molecule has 0 saturated carbocycles. The number of carboxylic acids is 1. The first kappa shape index (κ1) is 31.6. The second-order valence-corrected chi connectivity index (χ2v) is 15.3. The lowest BCUT2D eigenvalue weighted by Gasteiger charge is -2.31. The molecule has 1 unspecified atom stereocenters. The molecule has 41 heavy (non-hydrogen) atoms. The van der Waals surface area contributed by atoms with Gasteiger partial charge in [-0.2, -0.15) is 4.31 Å².